The standard InChI is InChI=1S/C8B2/c9-7-5-3-1-2-4-6-8-10. The van der Waals surface area contributed by atoms with Crippen LogP contribution >= 0.6 is 0 Å². The molecule has 0 heterocycles. The van der Waals surface area contributed by atoms with Crippen molar-refractivity contribution in [3.63, 3.8) is 0 Å². The zero-order valence-corrected chi connectivity index (χ0v) is 5.15. The lowest BCUT2D eigenvalue weighted by atomic mass is 10.2. The normalized spacial score (nSPS) is 3.60. The molecule has 0 aromatic carbocycles. The Hall–Kier alpha value is -1.63. The Kier molecular flexibility index (Phi) is 6.17. The molecule has 10 heavy (non-hydrogen) atoms. The van der Waals surface area contributed by atoms with Crippen molar-refractivity contribution >= 4 is 15.7 Å². The predicted molar refractivity (Wildman–Crippen MR) is 42.6 cm³/mol. The Morgan fingerprint density at radius 3 is 1.10 bits per heavy atom. The highest BCUT2D eigenvalue weighted by molar-refractivity contribution is 6.22. The summed E-state index contributed by atoms with van der Waals surface area (Å²) in [7, 11) is 9.62. The van der Waals surface area contributed by atoms with E-state index in [4.69, 9.17) is 15.7 Å². The van der Waals surface area contributed by atoms with E-state index in [1.165, 1.54) is 0 Å². The van der Waals surface area contributed by atoms with E-state index in [0.29, 0.717) is 0 Å². The molecule has 0 amide bonds. The summed E-state index contributed by atoms with van der Waals surface area (Å²) in [5, 5.41) is 0. The molecule has 0 aliphatic heterocycles. The van der Waals surface area contributed by atoms with E-state index < -0.39 is 0 Å². The van der Waals surface area contributed by atoms with E-state index in [-0.39, 0.29) is 0 Å². The van der Waals surface area contributed by atoms with Gasteiger partial charge in [-0.15, -0.1) is 0 Å². The second-order valence-corrected chi connectivity index (χ2v) is 1.04. The molecule has 0 aliphatic carbocycles. The monoisotopic (exact) mass is 118 g/mol. The van der Waals surface area contributed by atoms with Gasteiger partial charge in [-0.3, -0.25) is 0 Å². The van der Waals surface area contributed by atoms with Gasteiger partial charge in [-0.2, -0.15) is 11.6 Å². The lowest BCUT2D eigenvalue weighted by Gasteiger charge is -1.54. The van der Waals surface area contributed by atoms with Crippen molar-refractivity contribution in [3.05, 3.63) is 0 Å². The molecule has 0 aromatic rings. The SMILES string of the molecule is [B]C#CC#CC#CC#C[B]. The highest BCUT2D eigenvalue weighted by Gasteiger charge is 1.51. The van der Waals surface area contributed by atoms with Crippen LogP contribution in [-0.4, -0.2) is 15.7 Å². The molecule has 38 valence electrons. The van der Waals surface area contributed by atoms with Gasteiger partial charge in [0.05, 0.1) is 0 Å². The summed E-state index contributed by atoms with van der Waals surface area (Å²) in [6.45, 7) is 0. The van der Waals surface area contributed by atoms with Gasteiger partial charge in [-0.1, -0.05) is 0 Å². The molecule has 0 fully saturated rings. The number of hydrogen-bond acceptors (Lipinski definition) is 0. The van der Waals surface area contributed by atoms with Crippen molar-refractivity contribution in [3.8, 4) is 47.2 Å². The fourth-order valence-electron chi connectivity index (χ4n) is 0.197. The van der Waals surface area contributed by atoms with Crippen molar-refractivity contribution in [1.82, 2.24) is 0 Å². The second-order valence-electron chi connectivity index (χ2n) is 1.04. The zero-order valence-electron chi connectivity index (χ0n) is 5.15. The maximum absolute atomic E-state index is 4.81. The zero-order chi connectivity index (χ0) is 7.66. The van der Waals surface area contributed by atoms with Gasteiger partial charge < -0.3 is 0 Å². The summed E-state index contributed by atoms with van der Waals surface area (Å²) < 4.78 is 0. The summed E-state index contributed by atoms with van der Waals surface area (Å²) in [5.74, 6) is 18.4. The van der Waals surface area contributed by atoms with Crippen LogP contribution in [-0.2, 0) is 0 Å². The minimum atomic E-state index is 2.11. The molecule has 0 saturated carbocycles. The minimum absolute atomic E-state index is 2.11. The molecule has 0 aromatic heterocycles. The molecule has 0 nitrogen and oxygen atoms in total. The molecule has 0 aliphatic rings. The highest BCUT2D eigenvalue weighted by atomic mass is 13.5. The first-order valence-corrected chi connectivity index (χ1v) is 2.33. The van der Waals surface area contributed by atoms with Crippen LogP contribution in [0.2, 0.25) is 0 Å². The molecule has 0 atom stereocenters. The maximum atomic E-state index is 4.81. The Balaban J connectivity index is 3.94. The first-order valence-electron chi connectivity index (χ1n) is 2.33. The summed E-state index contributed by atoms with van der Waals surface area (Å²) in [6.07, 6.45) is 0. The fourth-order valence-corrected chi connectivity index (χ4v) is 0.197. The molecule has 0 N–H and O–H groups in total. The molecule has 0 saturated heterocycles. The maximum Gasteiger partial charge on any atom is 0.189 e. The average Bonchev–Trinajstić information content (AvgIpc) is 1.97. The molecular weight excluding hydrogens is 118 g/mol. The Morgan fingerprint density at radius 1 is 0.500 bits per heavy atom. The smallest absolute Gasteiger partial charge is 0.158 e. The summed E-state index contributed by atoms with van der Waals surface area (Å²) in [4.78, 5) is 0. The van der Waals surface area contributed by atoms with E-state index in [2.05, 4.69) is 47.2 Å². The minimum Gasteiger partial charge on any atom is -0.158 e. The molecule has 0 unspecified atom stereocenters. The van der Waals surface area contributed by atoms with Gasteiger partial charge in [0, 0.05) is 0 Å². The number of hydrogen-bond donors (Lipinski definition) is 0. The molecule has 4 radical (unpaired) electrons. The summed E-state index contributed by atoms with van der Waals surface area (Å²) in [5.41, 5.74) is 0. The average molecular weight is 118 g/mol. The fraction of sp³-hybridized carbons (Fsp3) is 0. The van der Waals surface area contributed by atoms with Crippen LogP contribution in [0.4, 0.5) is 0 Å². The van der Waals surface area contributed by atoms with Crippen molar-refractivity contribution < 1.29 is 0 Å². The first kappa shape index (κ1) is 8.37. The molecule has 0 rings (SSSR count). The first-order chi connectivity index (χ1) is 4.91. The van der Waals surface area contributed by atoms with E-state index in [0.717, 1.165) is 0 Å². The van der Waals surface area contributed by atoms with Crippen LogP contribution in [0.15, 0.2) is 0 Å². The van der Waals surface area contributed by atoms with Crippen molar-refractivity contribution in [2.24, 2.45) is 0 Å². The lowest BCUT2D eigenvalue weighted by Crippen LogP contribution is -1.55. The van der Waals surface area contributed by atoms with Crippen LogP contribution < -0.4 is 0 Å². The molecule has 2 heteroatoms. The molecule has 0 bridgehead atoms. The predicted octanol–water partition coefficient (Wildman–Crippen LogP) is -0.748. The van der Waals surface area contributed by atoms with Gasteiger partial charge in [0.25, 0.3) is 0 Å². The van der Waals surface area contributed by atoms with Crippen LogP contribution in [0.1, 0.15) is 0 Å². The number of rotatable bonds is 0. The Bertz CT molecular complexity index is 286. The van der Waals surface area contributed by atoms with Crippen LogP contribution in [0, 0.1) is 47.2 Å². The van der Waals surface area contributed by atoms with E-state index in [9.17, 15) is 0 Å². The summed E-state index contributed by atoms with van der Waals surface area (Å²) in [6, 6.07) is 0. The van der Waals surface area contributed by atoms with Crippen LogP contribution in [0.25, 0.3) is 0 Å². The van der Waals surface area contributed by atoms with Gasteiger partial charge in [0.1, 0.15) is 0 Å². The van der Waals surface area contributed by atoms with E-state index >= 15 is 0 Å². The van der Waals surface area contributed by atoms with Crippen LogP contribution in [0.3, 0.4) is 0 Å². The van der Waals surface area contributed by atoms with Gasteiger partial charge in [-0.25, -0.2) is 0 Å². The third-order valence-electron chi connectivity index (χ3n) is 0.457. The summed E-state index contributed by atoms with van der Waals surface area (Å²) >= 11 is 0. The van der Waals surface area contributed by atoms with Gasteiger partial charge in [0.2, 0.25) is 0 Å². The quantitative estimate of drug-likeness (QED) is 0.290. The molecular formula is C8B2. The lowest BCUT2D eigenvalue weighted by molar-refractivity contribution is 2.39. The van der Waals surface area contributed by atoms with Crippen molar-refractivity contribution in [2.45, 2.75) is 0 Å². The highest BCUT2D eigenvalue weighted by Crippen LogP contribution is 1.52. The third kappa shape index (κ3) is 6.37. The largest absolute Gasteiger partial charge is 0.189 e. The van der Waals surface area contributed by atoms with Crippen LogP contribution in [0.5, 0.6) is 0 Å². The Morgan fingerprint density at radius 2 is 0.800 bits per heavy atom. The molecule has 0 spiro atoms. The van der Waals surface area contributed by atoms with E-state index in [1.54, 1.807) is 0 Å². The third-order valence-corrected chi connectivity index (χ3v) is 0.457. The van der Waals surface area contributed by atoms with Crippen molar-refractivity contribution in [2.75, 3.05) is 0 Å². The second kappa shape index (κ2) is 7.37. The topological polar surface area (TPSA) is 0 Å². The van der Waals surface area contributed by atoms with E-state index in [1.807, 2.05) is 0 Å². The Labute approximate surface area is 63.6 Å². The van der Waals surface area contributed by atoms with Gasteiger partial charge in [-0.05, 0) is 35.5 Å². The van der Waals surface area contributed by atoms with Gasteiger partial charge in [0.15, 0.2) is 15.7 Å². The van der Waals surface area contributed by atoms with Gasteiger partial charge >= 0.3 is 0 Å². The van der Waals surface area contributed by atoms with Crippen molar-refractivity contribution in [1.29, 1.82) is 0 Å².